The largest absolute Gasteiger partial charge is 0.381 e. The number of methoxy groups -OCH3 is 1. The molecule has 2 N–H and O–H groups in total. The highest BCUT2D eigenvalue weighted by molar-refractivity contribution is 7.99. The van der Waals surface area contributed by atoms with Crippen LogP contribution in [0, 0.1) is 5.41 Å². The van der Waals surface area contributed by atoms with Crippen molar-refractivity contribution in [1.82, 2.24) is 10.6 Å². The van der Waals surface area contributed by atoms with E-state index in [0.717, 1.165) is 30.9 Å². The van der Waals surface area contributed by atoms with Crippen LogP contribution >= 0.6 is 11.8 Å². The highest BCUT2D eigenvalue weighted by Gasteiger charge is 2.53. The number of hydrogen-bond donors (Lipinski definition) is 2. The van der Waals surface area contributed by atoms with E-state index < -0.39 is 0 Å². The van der Waals surface area contributed by atoms with Gasteiger partial charge in [-0.05, 0) is 19.3 Å². The van der Waals surface area contributed by atoms with Crippen molar-refractivity contribution >= 4 is 17.7 Å². The average Bonchev–Trinajstić information content (AvgIpc) is 2.89. The van der Waals surface area contributed by atoms with Crippen LogP contribution in [-0.2, 0) is 9.53 Å². The standard InChI is InChI=1S/C13H24N2O2S/c1-4-13(5-2)10(6-11(13)17-3)15-12(16)9-7-18-8-14-9/h9-11,14H,4-8H2,1-3H3,(H,15,16)/t9-,10-,11-/m1/s1. The van der Waals surface area contributed by atoms with Gasteiger partial charge in [0.2, 0.25) is 5.91 Å². The molecule has 2 aliphatic rings. The molecule has 2 rings (SSSR count). The predicted octanol–water partition coefficient (Wildman–Crippen LogP) is 1.36. The molecule has 0 aromatic rings. The molecule has 5 heteroatoms. The van der Waals surface area contributed by atoms with Crippen molar-refractivity contribution in [2.45, 2.75) is 51.3 Å². The maximum absolute atomic E-state index is 12.1. The van der Waals surface area contributed by atoms with Crippen LogP contribution in [0.25, 0.3) is 0 Å². The first kappa shape index (κ1) is 14.2. The summed E-state index contributed by atoms with van der Waals surface area (Å²) in [6.07, 6.45) is 3.35. The smallest absolute Gasteiger partial charge is 0.238 e. The summed E-state index contributed by atoms with van der Waals surface area (Å²) in [6.45, 7) is 4.38. The molecule has 3 atom stereocenters. The number of hydrogen-bond acceptors (Lipinski definition) is 4. The maximum Gasteiger partial charge on any atom is 0.238 e. The molecule has 18 heavy (non-hydrogen) atoms. The normalized spacial score (nSPS) is 34.1. The van der Waals surface area contributed by atoms with Crippen LogP contribution in [0.3, 0.4) is 0 Å². The Morgan fingerprint density at radius 3 is 2.72 bits per heavy atom. The van der Waals surface area contributed by atoms with Crippen LogP contribution < -0.4 is 10.6 Å². The molecule has 1 heterocycles. The molecule has 0 bridgehead atoms. The van der Waals surface area contributed by atoms with Gasteiger partial charge in [-0.2, -0.15) is 0 Å². The number of amides is 1. The van der Waals surface area contributed by atoms with Crippen LogP contribution in [0.2, 0.25) is 0 Å². The summed E-state index contributed by atoms with van der Waals surface area (Å²) in [5.41, 5.74) is 0.135. The lowest BCUT2D eigenvalue weighted by molar-refractivity contribution is -0.142. The van der Waals surface area contributed by atoms with Crippen molar-refractivity contribution < 1.29 is 9.53 Å². The Kier molecular flexibility index (Phi) is 4.56. The quantitative estimate of drug-likeness (QED) is 0.793. The minimum atomic E-state index is -0.0111. The summed E-state index contributed by atoms with van der Waals surface area (Å²) >= 11 is 1.78. The summed E-state index contributed by atoms with van der Waals surface area (Å²) in [7, 11) is 1.78. The molecular formula is C13H24N2O2S. The second-order valence-electron chi connectivity index (χ2n) is 5.23. The van der Waals surface area contributed by atoms with Gasteiger partial charge in [-0.1, -0.05) is 13.8 Å². The van der Waals surface area contributed by atoms with E-state index in [4.69, 9.17) is 4.74 Å². The SMILES string of the molecule is CCC1(CC)[C@H](NC(=O)[C@H]2CSCN2)C[C@H]1OC. The Morgan fingerprint density at radius 2 is 2.22 bits per heavy atom. The fraction of sp³-hybridized carbons (Fsp3) is 0.923. The van der Waals surface area contributed by atoms with Crippen molar-refractivity contribution in [1.29, 1.82) is 0 Å². The lowest BCUT2D eigenvalue weighted by Gasteiger charge is -2.55. The third-order valence-corrected chi connectivity index (χ3v) is 5.68. The minimum absolute atomic E-state index is 0.0111. The van der Waals surface area contributed by atoms with E-state index in [9.17, 15) is 4.79 Å². The van der Waals surface area contributed by atoms with Crippen molar-refractivity contribution in [2.75, 3.05) is 18.7 Å². The first-order valence-electron chi connectivity index (χ1n) is 6.82. The molecule has 1 aliphatic heterocycles. The van der Waals surface area contributed by atoms with E-state index in [1.54, 1.807) is 18.9 Å². The first-order valence-corrected chi connectivity index (χ1v) is 7.97. The molecule has 2 fully saturated rings. The van der Waals surface area contributed by atoms with Crippen LogP contribution in [0.1, 0.15) is 33.1 Å². The summed E-state index contributed by atoms with van der Waals surface area (Å²) in [5, 5.41) is 6.44. The third-order valence-electron chi connectivity index (χ3n) is 4.74. The number of nitrogens with one attached hydrogen (secondary N) is 2. The zero-order valence-electron chi connectivity index (χ0n) is 11.5. The monoisotopic (exact) mass is 272 g/mol. The number of ether oxygens (including phenoxy) is 1. The molecule has 1 aliphatic carbocycles. The Balaban J connectivity index is 1.95. The van der Waals surface area contributed by atoms with Gasteiger partial charge in [-0.3, -0.25) is 10.1 Å². The molecule has 1 amide bonds. The second-order valence-corrected chi connectivity index (χ2v) is 6.26. The molecule has 1 saturated carbocycles. The zero-order chi connectivity index (χ0) is 13.2. The van der Waals surface area contributed by atoms with Crippen LogP contribution in [0.15, 0.2) is 0 Å². The zero-order valence-corrected chi connectivity index (χ0v) is 12.3. The van der Waals surface area contributed by atoms with E-state index in [1.807, 2.05) is 0 Å². The highest BCUT2D eigenvalue weighted by Crippen LogP contribution is 2.48. The molecule has 0 unspecified atom stereocenters. The van der Waals surface area contributed by atoms with Gasteiger partial charge in [0.05, 0.1) is 12.1 Å². The summed E-state index contributed by atoms with van der Waals surface area (Å²) in [6, 6.07) is 0.264. The molecule has 0 spiro atoms. The van der Waals surface area contributed by atoms with E-state index in [2.05, 4.69) is 24.5 Å². The first-order chi connectivity index (χ1) is 8.67. The molecule has 0 aromatic carbocycles. The van der Waals surface area contributed by atoms with Gasteiger partial charge < -0.3 is 10.1 Å². The van der Waals surface area contributed by atoms with Gasteiger partial charge in [-0.15, -0.1) is 11.8 Å². The Morgan fingerprint density at radius 1 is 1.50 bits per heavy atom. The summed E-state index contributed by atoms with van der Waals surface area (Å²) in [4.78, 5) is 12.1. The summed E-state index contributed by atoms with van der Waals surface area (Å²) in [5.74, 6) is 1.93. The van der Waals surface area contributed by atoms with E-state index in [-0.39, 0.29) is 23.4 Å². The fourth-order valence-corrected chi connectivity index (χ4v) is 4.26. The number of carbonyl (C=O) groups is 1. The third kappa shape index (κ3) is 2.28. The Hall–Kier alpha value is -0.260. The summed E-state index contributed by atoms with van der Waals surface area (Å²) < 4.78 is 5.55. The fourth-order valence-electron chi connectivity index (χ4n) is 3.32. The highest BCUT2D eigenvalue weighted by atomic mass is 32.2. The van der Waals surface area contributed by atoms with E-state index >= 15 is 0 Å². The number of carbonyl (C=O) groups excluding carboxylic acids is 1. The lowest BCUT2D eigenvalue weighted by Crippen LogP contribution is -2.65. The molecule has 104 valence electrons. The molecular weight excluding hydrogens is 248 g/mol. The molecule has 1 saturated heterocycles. The van der Waals surface area contributed by atoms with E-state index in [0.29, 0.717) is 6.10 Å². The van der Waals surface area contributed by atoms with Crippen LogP contribution in [-0.4, -0.2) is 42.8 Å². The van der Waals surface area contributed by atoms with Gasteiger partial charge in [0.1, 0.15) is 0 Å². The Labute approximate surface area is 114 Å². The van der Waals surface area contributed by atoms with Crippen molar-refractivity contribution in [2.24, 2.45) is 5.41 Å². The number of thioether (sulfide) groups is 1. The molecule has 0 radical (unpaired) electrons. The topological polar surface area (TPSA) is 50.4 Å². The van der Waals surface area contributed by atoms with Gasteiger partial charge in [0, 0.05) is 30.2 Å². The van der Waals surface area contributed by atoms with Crippen molar-refractivity contribution in [3.63, 3.8) is 0 Å². The Bertz CT molecular complexity index is 301. The van der Waals surface area contributed by atoms with Gasteiger partial charge in [0.25, 0.3) is 0 Å². The minimum Gasteiger partial charge on any atom is -0.381 e. The van der Waals surface area contributed by atoms with Crippen molar-refractivity contribution in [3.05, 3.63) is 0 Å². The average molecular weight is 272 g/mol. The van der Waals surface area contributed by atoms with Gasteiger partial charge >= 0.3 is 0 Å². The predicted molar refractivity (Wildman–Crippen MR) is 74.6 cm³/mol. The number of rotatable bonds is 5. The molecule has 0 aromatic heterocycles. The lowest BCUT2D eigenvalue weighted by atomic mass is 9.58. The van der Waals surface area contributed by atoms with Crippen LogP contribution in [0.5, 0.6) is 0 Å². The van der Waals surface area contributed by atoms with Crippen LogP contribution in [0.4, 0.5) is 0 Å². The van der Waals surface area contributed by atoms with Gasteiger partial charge in [0.15, 0.2) is 0 Å². The van der Waals surface area contributed by atoms with Gasteiger partial charge in [-0.25, -0.2) is 0 Å². The maximum atomic E-state index is 12.1. The molecule has 4 nitrogen and oxygen atoms in total. The van der Waals surface area contributed by atoms with E-state index in [1.165, 1.54) is 0 Å². The second kappa shape index (κ2) is 5.80. The van der Waals surface area contributed by atoms with Crippen molar-refractivity contribution in [3.8, 4) is 0 Å².